The molecule has 4 heterocycles. The highest BCUT2D eigenvalue weighted by Gasteiger charge is 2.50. The van der Waals surface area contributed by atoms with Gasteiger partial charge in [0.15, 0.2) is 6.29 Å². The molecular formula is C50H64N2O12. The fraction of sp³-hybridized carbons (Fsp3) is 0.580. The third-order valence-electron chi connectivity index (χ3n) is 14.6. The first kappa shape index (κ1) is 46.0. The summed E-state index contributed by atoms with van der Waals surface area (Å²) in [4.78, 5) is 47.3. The topological polar surface area (TPSA) is 197 Å². The second kappa shape index (κ2) is 19.5. The predicted molar refractivity (Wildman–Crippen MR) is 238 cm³/mol. The first-order valence-electron chi connectivity index (χ1n) is 23.2. The zero-order valence-electron chi connectivity index (χ0n) is 37.5. The number of carbonyl (C=O) groups is 3. The van der Waals surface area contributed by atoms with Gasteiger partial charge in [-0.25, -0.2) is 4.79 Å². The highest BCUT2D eigenvalue weighted by molar-refractivity contribution is 6.11. The van der Waals surface area contributed by atoms with Crippen molar-refractivity contribution in [2.45, 2.75) is 134 Å². The van der Waals surface area contributed by atoms with Crippen LogP contribution in [0, 0.1) is 11.8 Å². The van der Waals surface area contributed by atoms with E-state index in [0.717, 1.165) is 55.2 Å². The molecular weight excluding hydrogens is 821 g/mol. The molecule has 2 aromatic carbocycles. The van der Waals surface area contributed by atoms with Gasteiger partial charge in [0.25, 0.3) is 0 Å². The van der Waals surface area contributed by atoms with Crippen LogP contribution in [0.25, 0.3) is 16.5 Å². The van der Waals surface area contributed by atoms with E-state index in [4.69, 9.17) is 23.7 Å². The van der Waals surface area contributed by atoms with Crippen molar-refractivity contribution in [2.75, 3.05) is 40.0 Å². The van der Waals surface area contributed by atoms with Gasteiger partial charge in [0.2, 0.25) is 5.76 Å². The minimum atomic E-state index is -1.33. The Morgan fingerprint density at radius 3 is 2.62 bits per heavy atom. The van der Waals surface area contributed by atoms with Crippen molar-refractivity contribution in [3.63, 3.8) is 0 Å². The standard InChI is InChI=1S/C50H64N2O12/c1-5-33-22-32(14-17-52(33)16-8-18-60-4)50(3,59)41-24-37-45(63-41)39(27-55)47-43(46(37)62-35-10-7-9-34(56)23-35)42(38(26-54)48(64-47)49(58)61-6-2)30-20-31(25-53)44(57)36(21-30)28-11-12-40-29(19-28)13-15-51-40/h11-13,15,19,26,31-36,41,51,53,55-56,59H,5-10,14,16-18,20-25,27H2,1-4H3/t31-,32+,33-,34+,35-,36-,41+,50-/m1/s1. The van der Waals surface area contributed by atoms with E-state index in [1.54, 1.807) is 14.0 Å². The molecule has 0 unspecified atom stereocenters. The van der Waals surface area contributed by atoms with Crippen molar-refractivity contribution < 1.29 is 58.5 Å². The maximum atomic E-state index is 14.2. The number of nitrogens with zero attached hydrogens (tertiary/aromatic N) is 1. The number of methoxy groups -OCH3 is 1. The van der Waals surface area contributed by atoms with Gasteiger partial charge in [-0.1, -0.05) is 18.6 Å². The summed E-state index contributed by atoms with van der Waals surface area (Å²) in [6.45, 7) is 7.00. The molecule has 0 amide bonds. The summed E-state index contributed by atoms with van der Waals surface area (Å²) < 4.78 is 31.1. The molecule has 14 nitrogen and oxygen atoms in total. The van der Waals surface area contributed by atoms with E-state index in [0.29, 0.717) is 66.6 Å². The van der Waals surface area contributed by atoms with Crippen LogP contribution in [0.2, 0.25) is 0 Å². The second-order valence-corrected chi connectivity index (χ2v) is 18.5. The Morgan fingerprint density at radius 1 is 1.08 bits per heavy atom. The van der Waals surface area contributed by atoms with Crippen LogP contribution in [0.3, 0.4) is 0 Å². The fourth-order valence-electron chi connectivity index (χ4n) is 11.1. The maximum absolute atomic E-state index is 14.2. The lowest BCUT2D eigenvalue weighted by molar-refractivity contribution is -0.141. The first-order valence-corrected chi connectivity index (χ1v) is 23.2. The molecule has 1 aromatic heterocycles. The number of fused-ring (bicyclic) bond motifs is 3. The van der Waals surface area contributed by atoms with Crippen LogP contribution >= 0.6 is 0 Å². The number of likely N-dealkylation sites (tertiary alicyclic amines) is 1. The number of aliphatic hydroxyl groups is 4. The van der Waals surface area contributed by atoms with Gasteiger partial charge >= 0.3 is 5.97 Å². The molecule has 64 heavy (non-hydrogen) atoms. The van der Waals surface area contributed by atoms with E-state index in [1.165, 1.54) is 0 Å². The number of ketones is 1. The number of H-pyrrole nitrogens is 1. The minimum Gasteiger partial charge on any atom is -0.489 e. The van der Waals surface area contributed by atoms with Crippen LogP contribution < -0.4 is 14.2 Å². The SMILES string of the molecule is CCOC(=O)C1=C(C=O)C(=C2C[C@H](CO)C(=O)[C@@H](c3ccc4[nH]ccc4c3)C2)c2c(c(CO)c3c(c2O[C@@H]2CCC[C@H](O)C2)C[C@@H]([C@](C)(O)[C@H]2CCN(CCCOC)[C@H](CC)C2)O3)O1. The molecule has 346 valence electrons. The van der Waals surface area contributed by atoms with E-state index in [9.17, 15) is 34.8 Å². The zero-order valence-corrected chi connectivity index (χ0v) is 37.5. The van der Waals surface area contributed by atoms with Crippen molar-refractivity contribution in [1.29, 1.82) is 0 Å². The molecule has 3 aromatic rings. The number of aldehydes is 1. The van der Waals surface area contributed by atoms with E-state index >= 15 is 0 Å². The van der Waals surface area contributed by atoms with Gasteiger partial charge in [-0.05, 0) is 113 Å². The lowest BCUT2D eigenvalue weighted by atomic mass is 9.71. The molecule has 3 aliphatic heterocycles. The summed E-state index contributed by atoms with van der Waals surface area (Å²) in [7, 11) is 1.71. The lowest BCUT2D eigenvalue weighted by Crippen LogP contribution is -2.54. The Morgan fingerprint density at radius 2 is 1.91 bits per heavy atom. The van der Waals surface area contributed by atoms with Crippen molar-refractivity contribution in [2.24, 2.45) is 11.8 Å². The van der Waals surface area contributed by atoms with E-state index in [2.05, 4.69) is 16.8 Å². The van der Waals surface area contributed by atoms with Crippen molar-refractivity contribution in [3.8, 4) is 17.2 Å². The van der Waals surface area contributed by atoms with Crippen molar-refractivity contribution >= 4 is 34.5 Å². The Kier molecular flexibility index (Phi) is 14.0. The van der Waals surface area contributed by atoms with Gasteiger partial charge in [0, 0.05) is 73.8 Å². The van der Waals surface area contributed by atoms with Gasteiger partial charge in [-0.15, -0.1) is 0 Å². The monoisotopic (exact) mass is 884 g/mol. The number of benzene rings is 2. The number of piperidine rings is 1. The van der Waals surface area contributed by atoms with Crippen molar-refractivity contribution in [1.82, 2.24) is 9.88 Å². The molecule has 3 fully saturated rings. The average molecular weight is 885 g/mol. The summed E-state index contributed by atoms with van der Waals surface area (Å²) >= 11 is 0. The highest BCUT2D eigenvalue weighted by Crippen LogP contribution is 2.58. The van der Waals surface area contributed by atoms with Crippen LogP contribution in [0.1, 0.15) is 113 Å². The highest BCUT2D eigenvalue weighted by atomic mass is 16.6. The molecule has 2 aliphatic carbocycles. The molecule has 2 saturated carbocycles. The normalized spacial score (nSPS) is 28.2. The Balaban J connectivity index is 1.29. The number of hydrogen-bond donors (Lipinski definition) is 5. The van der Waals surface area contributed by atoms with Gasteiger partial charge < -0.3 is 54.0 Å². The number of esters is 1. The van der Waals surface area contributed by atoms with Gasteiger partial charge in [0.05, 0.1) is 42.6 Å². The quantitative estimate of drug-likeness (QED) is 0.0694. The maximum Gasteiger partial charge on any atom is 0.375 e. The number of aromatic amines is 1. The number of nitrogens with one attached hydrogen (secondary N) is 1. The predicted octanol–water partition coefficient (Wildman–Crippen LogP) is 5.84. The number of ether oxygens (including phenoxy) is 5. The summed E-state index contributed by atoms with van der Waals surface area (Å²) in [5, 5.41) is 46.5. The minimum absolute atomic E-state index is 0.0123. The second-order valence-electron chi connectivity index (χ2n) is 18.5. The number of aliphatic hydroxyl groups excluding tert-OH is 3. The van der Waals surface area contributed by atoms with Crippen LogP contribution in [0.5, 0.6) is 17.2 Å². The summed E-state index contributed by atoms with van der Waals surface area (Å²) in [5.41, 5.74) is 2.25. The van der Waals surface area contributed by atoms with Gasteiger partial charge in [-0.3, -0.25) is 9.59 Å². The number of aromatic nitrogens is 1. The smallest absolute Gasteiger partial charge is 0.375 e. The van der Waals surface area contributed by atoms with Crippen LogP contribution in [-0.2, 0) is 36.9 Å². The molecule has 14 heteroatoms. The van der Waals surface area contributed by atoms with Crippen LogP contribution in [0.15, 0.2) is 47.4 Å². The molecule has 5 N–H and O–H groups in total. The summed E-state index contributed by atoms with van der Waals surface area (Å²) in [5.74, 6) is -2.45. The van der Waals surface area contributed by atoms with Crippen LogP contribution in [-0.4, -0.2) is 118 Å². The summed E-state index contributed by atoms with van der Waals surface area (Å²) in [6.07, 6.45) is 6.65. The average Bonchev–Trinajstić information content (AvgIpc) is 3.97. The number of Topliss-reactive ketones (excluding diaryl/α,β-unsaturated/α-hetero) is 1. The Hall–Kier alpha value is -4.57. The number of hydrogen-bond acceptors (Lipinski definition) is 13. The molecule has 0 bridgehead atoms. The van der Waals surface area contributed by atoms with E-state index in [-0.39, 0.29) is 72.0 Å². The molecule has 0 radical (unpaired) electrons. The zero-order chi connectivity index (χ0) is 45.3. The molecule has 8 rings (SSSR count). The number of rotatable bonds is 15. The van der Waals surface area contributed by atoms with E-state index in [1.807, 2.05) is 37.4 Å². The molecule has 8 atom stereocenters. The first-order chi connectivity index (χ1) is 30.9. The third kappa shape index (κ3) is 8.65. The largest absolute Gasteiger partial charge is 0.489 e. The Labute approximate surface area is 374 Å². The fourth-order valence-corrected chi connectivity index (χ4v) is 11.1. The number of allylic oxidation sites excluding steroid dienone is 3. The lowest BCUT2D eigenvalue weighted by Gasteiger charge is -2.46. The third-order valence-corrected chi connectivity index (χ3v) is 14.6. The van der Waals surface area contributed by atoms with E-state index < -0.39 is 54.9 Å². The number of carbonyl (C=O) groups excluding carboxylic acids is 3. The van der Waals surface area contributed by atoms with Gasteiger partial charge in [-0.2, -0.15) is 0 Å². The molecule has 0 spiro atoms. The van der Waals surface area contributed by atoms with Gasteiger partial charge in [0.1, 0.15) is 40.8 Å². The van der Waals surface area contributed by atoms with Crippen molar-refractivity contribution in [3.05, 3.63) is 69.6 Å². The molecule has 5 aliphatic rings. The summed E-state index contributed by atoms with van der Waals surface area (Å²) in [6, 6.07) is 7.94. The Bertz CT molecular complexity index is 2290. The van der Waals surface area contributed by atoms with Crippen LogP contribution in [0.4, 0.5) is 0 Å². The molecule has 1 saturated heterocycles.